The number of piperidine rings is 1. The summed E-state index contributed by atoms with van der Waals surface area (Å²) >= 11 is 0. The predicted molar refractivity (Wildman–Crippen MR) is 108 cm³/mol. The fraction of sp³-hybridized carbons (Fsp3) is 0.409. The largest absolute Gasteiger partial charge is 0.351 e. The van der Waals surface area contributed by atoms with E-state index >= 15 is 0 Å². The van der Waals surface area contributed by atoms with Crippen LogP contribution in [-0.4, -0.2) is 40.6 Å². The van der Waals surface area contributed by atoms with Crippen LogP contribution in [0.2, 0.25) is 0 Å². The van der Waals surface area contributed by atoms with E-state index in [-0.39, 0.29) is 5.91 Å². The minimum Gasteiger partial charge on any atom is -0.351 e. The molecule has 6 nitrogen and oxygen atoms in total. The second-order valence-corrected chi connectivity index (χ2v) is 7.43. The molecule has 1 saturated heterocycles. The van der Waals surface area contributed by atoms with Gasteiger partial charge in [0.1, 0.15) is 0 Å². The van der Waals surface area contributed by atoms with E-state index in [9.17, 15) is 4.79 Å². The number of nitrogens with one attached hydrogen (secondary N) is 1. The van der Waals surface area contributed by atoms with Crippen molar-refractivity contribution in [3.05, 3.63) is 59.6 Å². The number of fused-ring (bicyclic) bond motifs is 1. The highest BCUT2D eigenvalue weighted by atomic mass is 16.5. The zero-order chi connectivity index (χ0) is 19.3. The van der Waals surface area contributed by atoms with Gasteiger partial charge in [0.05, 0.1) is 11.2 Å². The molecule has 4 rings (SSSR count). The Labute approximate surface area is 164 Å². The van der Waals surface area contributed by atoms with Crippen molar-refractivity contribution in [3.63, 3.8) is 0 Å². The molecule has 0 spiro atoms. The highest BCUT2D eigenvalue weighted by Gasteiger charge is 2.25. The average Bonchev–Trinajstić information content (AvgIpc) is 3.23. The Hall–Kier alpha value is -2.73. The van der Waals surface area contributed by atoms with Gasteiger partial charge in [-0.25, -0.2) is 0 Å². The predicted octanol–water partition coefficient (Wildman–Crippen LogP) is 3.74. The minimum absolute atomic E-state index is 0.184. The number of amides is 1. The van der Waals surface area contributed by atoms with Crippen LogP contribution in [0.15, 0.2) is 47.1 Å². The summed E-state index contributed by atoms with van der Waals surface area (Å²) in [4.78, 5) is 19.0. The number of carbonyl (C=O) groups is 1. The lowest BCUT2D eigenvalue weighted by Gasteiger charge is -2.32. The number of pyridine rings is 1. The normalized spacial score (nSPS) is 17.7. The van der Waals surface area contributed by atoms with Crippen LogP contribution in [0.1, 0.15) is 53.9 Å². The second kappa shape index (κ2) is 8.52. The maximum Gasteiger partial charge on any atom is 0.289 e. The summed E-state index contributed by atoms with van der Waals surface area (Å²) in [5, 5.41) is 8.23. The molecule has 0 aliphatic carbocycles. The molecule has 146 valence electrons. The number of aromatic nitrogens is 2. The first kappa shape index (κ1) is 18.6. The van der Waals surface area contributed by atoms with Crippen molar-refractivity contribution >= 4 is 16.8 Å². The number of hydrogen-bond donors (Lipinski definition) is 1. The SMILES string of the molecule is CCCNC(=O)c1cc([C@H]2CCCN(Cc3ccnc4ccccc34)C2)no1. The molecule has 0 unspecified atom stereocenters. The van der Waals surface area contributed by atoms with Crippen molar-refractivity contribution in [2.24, 2.45) is 0 Å². The first-order valence-corrected chi connectivity index (χ1v) is 10.0. The topological polar surface area (TPSA) is 71.3 Å². The quantitative estimate of drug-likeness (QED) is 0.707. The van der Waals surface area contributed by atoms with Gasteiger partial charge in [-0.2, -0.15) is 0 Å². The van der Waals surface area contributed by atoms with Crippen molar-refractivity contribution in [1.29, 1.82) is 0 Å². The lowest BCUT2D eigenvalue weighted by Crippen LogP contribution is -2.34. The third kappa shape index (κ3) is 4.07. The van der Waals surface area contributed by atoms with Gasteiger partial charge in [0.25, 0.3) is 5.91 Å². The minimum atomic E-state index is -0.184. The Morgan fingerprint density at radius 2 is 2.21 bits per heavy atom. The summed E-state index contributed by atoms with van der Waals surface area (Å²) in [6.07, 6.45) is 4.96. The van der Waals surface area contributed by atoms with Gasteiger partial charge in [0, 0.05) is 43.2 Å². The Morgan fingerprint density at radius 3 is 3.11 bits per heavy atom. The number of rotatable bonds is 6. The van der Waals surface area contributed by atoms with Gasteiger partial charge < -0.3 is 9.84 Å². The summed E-state index contributed by atoms with van der Waals surface area (Å²) < 4.78 is 5.30. The molecule has 1 atom stereocenters. The van der Waals surface area contributed by atoms with Crippen molar-refractivity contribution in [3.8, 4) is 0 Å². The van der Waals surface area contributed by atoms with Crippen LogP contribution in [-0.2, 0) is 6.54 Å². The Kier molecular flexibility index (Phi) is 5.67. The lowest BCUT2D eigenvalue weighted by molar-refractivity contribution is 0.0916. The molecule has 1 aromatic carbocycles. The first-order chi connectivity index (χ1) is 13.7. The second-order valence-electron chi connectivity index (χ2n) is 7.43. The lowest BCUT2D eigenvalue weighted by atomic mass is 9.94. The highest BCUT2D eigenvalue weighted by Crippen LogP contribution is 2.28. The van der Waals surface area contributed by atoms with E-state index in [2.05, 4.69) is 44.6 Å². The monoisotopic (exact) mass is 378 g/mol. The molecule has 0 bridgehead atoms. The number of para-hydroxylation sites is 1. The third-order valence-electron chi connectivity index (χ3n) is 5.34. The van der Waals surface area contributed by atoms with E-state index in [1.807, 2.05) is 19.2 Å². The van der Waals surface area contributed by atoms with Crippen molar-refractivity contribution in [2.45, 2.75) is 38.6 Å². The summed E-state index contributed by atoms with van der Waals surface area (Å²) in [6, 6.07) is 12.2. The zero-order valence-corrected chi connectivity index (χ0v) is 16.2. The molecule has 1 fully saturated rings. The number of nitrogens with zero attached hydrogens (tertiary/aromatic N) is 3. The van der Waals surface area contributed by atoms with Crippen LogP contribution in [0, 0.1) is 0 Å². The molecular weight excluding hydrogens is 352 g/mol. The van der Waals surface area contributed by atoms with Crippen molar-refractivity contribution in [1.82, 2.24) is 20.4 Å². The molecule has 2 aromatic heterocycles. The fourth-order valence-corrected chi connectivity index (χ4v) is 3.89. The van der Waals surface area contributed by atoms with Crippen LogP contribution in [0.25, 0.3) is 10.9 Å². The van der Waals surface area contributed by atoms with E-state index < -0.39 is 0 Å². The van der Waals surface area contributed by atoms with E-state index in [0.29, 0.717) is 18.2 Å². The number of benzene rings is 1. The molecule has 3 aromatic rings. The van der Waals surface area contributed by atoms with Crippen molar-refractivity contribution in [2.75, 3.05) is 19.6 Å². The van der Waals surface area contributed by atoms with E-state index in [1.165, 1.54) is 10.9 Å². The summed E-state index contributed by atoms with van der Waals surface area (Å²) in [6.45, 7) is 5.54. The molecule has 1 aliphatic heterocycles. The summed E-state index contributed by atoms with van der Waals surface area (Å²) in [5.41, 5.74) is 3.21. The summed E-state index contributed by atoms with van der Waals surface area (Å²) in [5.74, 6) is 0.413. The Bertz CT molecular complexity index is 947. The van der Waals surface area contributed by atoms with E-state index in [4.69, 9.17) is 4.52 Å². The fourth-order valence-electron chi connectivity index (χ4n) is 3.89. The van der Waals surface area contributed by atoms with Gasteiger partial charge in [-0.3, -0.25) is 14.7 Å². The van der Waals surface area contributed by atoms with Gasteiger partial charge in [0.2, 0.25) is 5.76 Å². The molecule has 0 saturated carbocycles. The number of hydrogen-bond acceptors (Lipinski definition) is 5. The smallest absolute Gasteiger partial charge is 0.289 e. The first-order valence-electron chi connectivity index (χ1n) is 10.0. The molecule has 3 heterocycles. The maximum atomic E-state index is 12.1. The van der Waals surface area contributed by atoms with Crippen LogP contribution >= 0.6 is 0 Å². The third-order valence-corrected chi connectivity index (χ3v) is 5.34. The molecule has 1 aliphatic rings. The molecule has 0 radical (unpaired) electrons. The zero-order valence-electron chi connectivity index (χ0n) is 16.2. The van der Waals surface area contributed by atoms with Crippen LogP contribution in [0.3, 0.4) is 0 Å². The summed E-state index contributed by atoms with van der Waals surface area (Å²) in [7, 11) is 0. The van der Waals surface area contributed by atoms with E-state index in [1.54, 1.807) is 6.07 Å². The van der Waals surface area contributed by atoms with Crippen LogP contribution in [0.4, 0.5) is 0 Å². The molecular formula is C22H26N4O2. The molecule has 1 N–H and O–H groups in total. The van der Waals surface area contributed by atoms with Gasteiger partial charge in [0.15, 0.2) is 0 Å². The molecule has 28 heavy (non-hydrogen) atoms. The van der Waals surface area contributed by atoms with Gasteiger partial charge in [-0.15, -0.1) is 0 Å². The Morgan fingerprint density at radius 1 is 1.32 bits per heavy atom. The van der Waals surface area contributed by atoms with Crippen LogP contribution < -0.4 is 5.32 Å². The van der Waals surface area contributed by atoms with Gasteiger partial charge in [-0.1, -0.05) is 30.3 Å². The molecule has 1 amide bonds. The highest BCUT2D eigenvalue weighted by molar-refractivity contribution is 5.91. The maximum absolute atomic E-state index is 12.1. The Balaban J connectivity index is 1.45. The standard InChI is InChI=1S/C22H26N4O2/c1-2-10-24-22(27)21-13-20(25-28-21)17-6-5-12-26(15-17)14-16-9-11-23-19-8-4-3-7-18(16)19/h3-4,7-9,11,13,17H,2,5-6,10,12,14-15H2,1H3,(H,24,27)/t17-/m0/s1. The average molecular weight is 378 g/mol. The molecule has 6 heteroatoms. The number of carbonyl (C=O) groups excluding carboxylic acids is 1. The van der Waals surface area contributed by atoms with Crippen molar-refractivity contribution < 1.29 is 9.32 Å². The number of likely N-dealkylation sites (tertiary alicyclic amines) is 1. The van der Waals surface area contributed by atoms with E-state index in [0.717, 1.165) is 50.1 Å². The van der Waals surface area contributed by atoms with Crippen LogP contribution in [0.5, 0.6) is 0 Å². The van der Waals surface area contributed by atoms with Gasteiger partial charge >= 0.3 is 0 Å². The van der Waals surface area contributed by atoms with Gasteiger partial charge in [-0.05, 0) is 43.5 Å².